The third-order valence-corrected chi connectivity index (χ3v) is 8.16. The van der Waals surface area contributed by atoms with Crippen molar-refractivity contribution in [2.45, 2.75) is 29.4 Å². The van der Waals surface area contributed by atoms with Gasteiger partial charge in [0.2, 0.25) is 5.95 Å². The number of ether oxygens (including phenoxy) is 1. The highest BCUT2D eigenvalue weighted by Crippen LogP contribution is 2.49. The molecular formula is C19H24N5O2S2+. The molecule has 28 heavy (non-hydrogen) atoms. The number of nitrogen functional groups attached to an aromatic ring is 2. The number of aromatic nitrogens is 3. The second kappa shape index (κ2) is 8.20. The van der Waals surface area contributed by atoms with E-state index in [-0.39, 0.29) is 17.1 Å². The predicted octanol–water partition coefficient (Wildman–Crippen LogP) is 3.37. The van der Waals surface area contributed by atoms with Crippen molar-refractivity contribution in [3.8, 4) is 11.3 Å². The van der Waals surface area contributed by atoms with Gasteiger partial charge in [-0.25, -0.2) is 15.0 Å². The number of nitrogens with two attached hydrogens (primary N) is 2. The Hall–Kier alpha value is -1.94. The van der Waals surface area contributed by atoms with Gasteiger partial charge in [-0.3, -0.25) is 0 Å². The Morgan fingerprint density at radius 1 is 1.21 bits per heavy atom. The molecule has 3 heterocycles. The first-order valence-corrected chi connectivity index (χ1v) is 11.3. The number of pyridine rings is 1. The van der Waals surface area contributed by atoms with Crippen LogP contribution in [0.15, 0.2) is 22.7 Å². The quantitative estimate of drug-likeness (QED) is 0.426. The van der Waals surface area contributed by atoms with E-state index in [1.54, 1.807) is 38.0 Å². The van der Waals surface area contributed by atoms with E-state index in [1.165, 1.54) is 18.4 Å². The van der Waals surface area contributed by atoms with Crippen LogP contribution in [-0.4, -0.2) is 41.5 Å². The Kier molecular flexibility index (Phi) is 5.68. The zero-order chi connectivity index (χ0) is 19.7. The molecule has 3 aromatic rings. The zero-order valence-corrected chi connectivity index (χ0v) is 17.6. The van der Waals surface area contributed by atoms with E-state index in [1.807, 2.05) is 0 Å². The molecule has 1 aliphatic carbocycles. The maximum absolute atomic E-state index is 6.62. The Labute approximate surface area is 171 Å². The molecule has 148 valence electrons. The van der Waals surface area contributed by atoms with Gasteiger partial charge >= 0.3 is 0 Å². The molecule has 1 saturated carbocycles. The molecule has 1 unspecified atom stereocenters. The summed E-state index contributed by atoms with van der Waals surface area (Å²) in [6, 6.07) is 2.14. The average molecular weight is 419 g/mol. The molecule has 0 aromatic carbocycles. The van der Waals surface area contributed by atoms with Crippen LogP contribution in [0.4, 0.5) is 11.6 Å². The number of thiophene rings is 1. The molecule has 3 aromatic heterocycles. The summed E-state index contributed by atoms with van der Waals surface area (Å²) in [6.07, 6.45) is 6.74. The molecular weight excluding hydrogens is 394 g/mol. The maximum atomic E-state index is 6.62. The molecule has 0 radical (unpaired) electrons. The Morgan fingerprint density at radius 3 is 2.61 bits per heavy atom. The summed E-state index contributed by atoms with van der Waals surface area (Å²) in [7, 11) is 3.46. The summed E-state index contributed by atoms with van der Waals surface area (Å²) in [5.74, 6) is 1.69. The molecule has 7 nitrogen and oxygen atoms in total. The fourth-order valence-electron chi connectivity index (χ4n) is 3.22. The van der Waals surface area contributed by atoms with E-state index in [9.17, 15) is 0 Å². The minimum atomic E-state index is -0.364. The van der Waals surface area contributed by atoms with E-state index in [2.05, 4.69) is 16.0 Å². The standard InChI is InChI=1S/C19H24N5O2S2/c1-25-6-3-7-28(26-2)18-16(20)15-13(11-4-5-11)8-14(24-17(15)27-18)12-9-22-19(21)23-10-12/h8-11H,3-7,20H2,1-2H3,(H2,21,22,23)/q+1. The first kappa shape index (κ1) is 19.4. The van der Waals surface area contributed by atoms with Crippen LogP contribution in [0, 0.1) is 0 Å². The van der Waals surface area contributed by atoms with Gasteiger partial charge in [-0.15, -0.1) is 0 Å². The second-order valence-electron chi connectivity index (χ2n) is 6.75. The summed E-state index contributed by atoms with van der Waals surface area (Å²) >= 11 is 1.27. The monoisotopic (exact) mass is 418 g/mol. The van der Waals surface area contributed by atoms with Crippen molar-refractivity contribution in [2.24, 2.45) is 0 Å². The van der Waals surface area contributed by atoms with Crippen molar-refractivity contribution in [2.75, 3.05) is 38.0 Å². The number of anilines is 2. The summed E-state index contributed by atoms with van der Waals surface area (Å²) in [5.41, 5.74) is 16.1. The van der Waals surface area contributed by atoms with Crippen molar-refractivity contribution in [1.29, 1.82) is 0 Å². The summed E-state index contributed by atoms with van der Waals surface area (Å²) in [6.45, 7) is 0.713. The van der Waals surface area contributed by atoms with Gasteiger partial charge in [0.05, 0.1) is 19.4 Å². The molecule has 0 saturated heterocycles. The number of fused-ring (bicyclic) bond motifs is 1. The van der Waals surface area contributed by atoms with Crippen molar-refractivity contribution in [3.05, 3.63) is 24.0 Å². The third-order valence-electron chi connectivity index (χ3n) is 4.77. The summed E-state index contributed by atoms with van der Waals surface area (Å²) in [5, 5.41) is 1.09. The first-order valence-electron chi connectivity index (χ1n) is 9.17. The average Bonchev–Trinajstić information content (AvgIpc) is 3.50. The van der Waals surface area contributed by atoms with Crippen LogP contribution >= 0.6 is 11.3 Å². The molecule has 0 amide bonds. The number of methoxy groups -OCH3 is 1. The van der Waals surface area contributed by atoms with Crippen LogP contribution in [0.25, 0.3) is 21.5 Å². The molecule has 4 N–H and O–H groups in total. The zero-order valence-electron chi connectivity index (χ0n) is 16.0. The van der Waals surface area contributed by atoms with Gasteiger partial charge in [0.1, 0.15) is 16.3 Å². The topological polar surface area (TPSA) is 109 Å². The van der Waals surface area contributed by atoms with Gasteiger partial charge in [0, 0.05) is 36.9 Å². The van der Waals surface area contributed by atoms with Gasteiger partial charge < -0.3 is 16.2 Å². The molecule has 1 atom stereocenters. The summed E-state index contributed by atoms with van der Waals surface area (Å²) in [4.78, 5) is 14.0. The van der Waals surface area contributed by atoms with Gasteiger partial charge in [-0.1, -0.05) is 11.3 Å². The minimum absolute atomic E-state index is 0.259. The minimum Gasteiger partial charge on any atom is -0.393 e. The van der Waals surface area contributed by atoms with Crippen molar-refractivity contribution < 1.29 is 8.92 Å². The Balaban J connectivity index is 1.79. The second-order valence-corrected chi connectivity index (χ2v) is 9.85. The van der Waals surface area contributed by atoms with Crippen LogP contribution in [-0.2, 0) is 20.1 Å². The molecule has 0 aliphatic heterocycles. The van der Waals surface area contributed by atoms with E-state index in [0.717, 1.165) is 43.5 Å². The molecule has 4 rings (SSSR count). The lowest BCUT2D eigenvalue weighted by Crippen LogP contribution is -2.11. The lowest BCUT2D eigenvalue weighted by atomic mass is 10.0. The van der Waals surface area contributed by atoms with Gasteiger partial charge in [-0.2, -0.15) is 4.18 Å². The predicted molar refractivity (Wildman–Crippen MR) is 115 cm³/mol. The van der Waals surface area contributed by atoms with E-state index in [0.29, 0.717) is 12.5 Å². The Morgan fingerprint density at radius 2 is 1.96 bits per heavy atom. The third kappa shape index (κ3) is 3.80. The maximum Gasteiger partial charge on any atom is 0.269 e. The first-order chi connectivity index (χ1) is 13.6. The van der Waals surface area contributed by atoms with Crippen LogP contribution in [0.5, 0.6) is 0 Å². The van der Waals surface area contributed by atoms with Gasteiger partial charge in [0.25, 0.3) is 4.21 Å². The lowest BCUT2D eigenvalue weighted by Gasteiger charge is -2.07. The van der Waals surface area contributed by atoms with Crippen molar-refractivity contribution >= 4 is 44.4 Å². The number of hydrogen-bond donors (Lipinski definition) is 2. The lowest BCUT2D eigenvalue weighted by molar-refractivity contribution is 0.199. The van der Waals surface area contributed by atoms with E-state index >= 15 is 0 Å². The van der Waals surface area contributed by atoms with Crippen molar-refractivity contribution in [3.63, 3.8) is 0 Å². The van der Waals surface area contributed by atoms with Crippen LogP contribution < -0.4 is 11.5 Å². The van der Waals surface area contributed by atoms with E-state index < -0.39 is 0 Å². The Bertz CT molecular complexity index is 973. The van der Waals surface area contributed by atoms with Crippen LogP contribution in [0.1, 0.15) is 30.7 Å². The van der Waals surface area contributed by atoms with Crippen LogP contribution in [0.3, 0.4) is 0 Å². The van der Waals surface area contributed by atoms with Gasteiger partial charge in [-0.05, 0) is 30.4 Å². The largest absolute Gasteiger partial charge is 0.393 e. The normalized spacial score (nSPS) is 15.2. The number of rotatable bonds is 8. The summed E-state index contributed by atoms with van der Waals surface area (Å²) < 4.78 is 12.0. The molecule has 1 fully saturated rings. The highest BCUT2D eigenvalue weighted by Gasteiger charge is 2.34. The highest BCUT2D eigenvalue weighted by atomic mass is 32.2. The number of nitrogens with zero attached hydrogens (tertiary/aromatic N) is 3. The van der Waals surface area contributed by atoms with Crippen molar-refractivity contribution in [1.82, 2.24) is 15.0 Å². The fourth-order valence-corrected chi connectivity index (χ4v) is 6.37. The molecule has 0 bridgehead atoms. The van der Waals surface area contributed by atoms with E-state index in [4.69, 9.17) is 25.4 Å². The smallest absolute Gasteiger partial charge is 0.269 e. The molecule has 9 heteroatoms. The number of hydrogen-bond acceptors (Lipinski definition) is 8. The SMILES string of the molecule is COCCC[S+](OC)c1sc2nc(-c3cnc(N)nc3)cc(C3CC3)c2c1N. The fraction of sp³-hybridized carbons (Fsp3) is 0.421. The highest BCUT2D eigenvalue weighted by molar-refractivity contribution is 7.94. The van der Waals surface area contributed by atoms with Crippen LogP contribution in [0.2, 0.25) is 0 Å². The van der Waals surface area contributed by atoms with Gasteiger partial charge in [0.15, 0.2) is 11.2 Å². The molecule has 0 spiro atoms. The molecule has 1 aliphatic rings.